The third kappa shape index (κ3) is 6.73. The molecule has 0 aromatic heterocycles. The van der Waals surface area contributed by atoms with E-state index in [-0.39, 0.29) is 12.2 Å². The molecule has 21 heavy (non-hydrogen) atoms. The predicted octanol–water partition coefficient (Wildman–Crippen LogP) is 0.800. The highest BCUT2D eigenvalue weighted by atomic mass is 16.5. The van der Waals surface area contributed by atoms with Gasteiger partial charge < -0.3 is 25.6 Å². The highest BCUT2D eigenvalue weighted by molar-refractivity contribution is 5.94. The minimum absolute atomic E-state index is 0.0280. The number of amides is 1. The first-order chi connectivity index (χ1) is 10.0. The van der Waals surface area contributed by atoms with Crippen LogP contribution in [0.15, 0.2) is 24.3 Å². The first-order valence-electron chi connectivity index (χ1n) is 6.57. The fourth-order valence-corrected chi connectivity index (χ4v) is 1.72. The molecule has 0 heterocycles. The normalized spacial score (nSPS) is 11.9. The van der Waals surface area contributed by atoms with E-state index in [1.165, 1.54) is 12.1 Å². The minimum Gasteiger partial charge on any atom is -0.508 e. The molecule has 0 aliphatic rings. The summed E-state index contributed by atoms with van der Waals surface area (Å²) < 4.78 is 4.87. The number of anilines is 1. The number of ether oxygens (including phenoxy) is 1. The number of hydrogen-bond acceptors (Lipinski definition) is 5. The van der Waals surface area contributed by atoms with E-state index in [1.54, 1.807) is 19.2 Å². The number of hydrogen-bond donors (Lipinski definition) is 4. The number of carbonyl (C=O) groups excluding carboxylic acids is 1. The van der Waals surface area contributed by atoms with Gasteiger partial charge in [-0.15, -0.1) is 0 Å². The van der Waals surface area contributed by atoms with Crippen LogP contribution in [0.25, 0.3) is 0 Å². The topological polar surface area (TPSA) is 108 Å². The zero-order valence-corrected chi connectivity index (χ0v) is 11.8. The molecular formula is C14H20N2O5. The molecule has 7 nitrogen and oxygen atoms in total. The average molecular weight is 296 g/mol. The van der Waals surface area contributed by atoms with E-state index in [9.17, 15) is 14.7 Å². The molecule has 1 rings (SSSR count). The number of methoxy groups -OCH3 is 1. The van der Waals surface area contributed by atoms with Crippen molar-refractivity contribution in [3.63, 3.8) is 0 Å². The van der Waals surface area contributed by atoms with Crippen LogP contribution in [0.5, 0.6) is 5.75 Å². The highest BCUT2D eigenvalue weighted by Crippen LogP contribution is 2.15. The summed E-state index contributed by atoms with van der Waals surface area (Å²) in [6.07, 6.45) is 0.465. The van der Waals surface area contributed by atoms with Gasteiger partial charge in [-0.25, -0.2) is 0 Å². The van der Waals surface area contributed by atoms with Crippen LogP contribution in [0.3, 0.4) is 0 Å². The van der Waals surface area contributed by atoms with Crippen LogP contribution in [-0.2, 0) is 14.3 Å². The molecule has 0 bridgehead atoms. The maximum absolute atomic E-state index is 11.8. The molecule has 0 spiro atoms. The number of carbonyl (C=O) groups is 2. The number of carboxylic acids is 1. The van der Waals surface area contributed by atoms with Gasteiger partial charge >= 0.3 is 5.97 Å². The van der Waals surface area contributed by atoms with Gasteiger partial charge in [0, 0.05) is 25.5 Å². The van der Waals surface area contributed by atoms with Gasteiger partial charge in [0.2, 0.25) is 5.91 Å². The molecule has 1 amide bonds. The van der Waals surface area contributed by atoms with Crippen molar-refractivity contribution in [2.24, 2.45) is 0 Å². The molecule has 116 valence electrons. The Morgan fingerprint density at radius 3 is 2.76 bits per heavy atom. The molecule has 1 aromatic rings. The van der Waals surface area contributed by atoms with Crippen LogP contribution >= 0.6 is 0 Å². The van der Waals surface area contributed by atoms with Crippen LogP contribution in [0.2, 0.25) is 0 Å². The Labute approximate surface area is 122 Å². The largest absolute Gasteiger partial charge is 0.508 e. The van der Waals surface area contributed by atoms with E-state index in [2.05, 4.69) is 10.6 Å². The first kappa shape index (κ1) is 16.9. The molecule has 0 saturated heterocycles. The zero-order chi connectivity index (χ0) is 15.7. The standard InChI is InChI=1S/C14H20N2O5/c1-21-7-3-6-15-12(14(19)20)9-13(18)16-10-4-2-5-11(17)8-10/h2,4-5,8,12,15,17H,3,6-7,9H2,1H3,(H,16,18)(H,19,20). The Kier molecular flexibility index (Phi) is 7.20. The SMILES string of the molecule is COCCCNC(CC(=O)Nc1cccc(O)c1)C(=O)O. The van der Waals surface area contributed by atoms with Crippen LogP contribution in [0.4, 0.5) is 5.69 Å². The molecule has 4 N–H and O–H groups in total. The third-order valence-corrected chi connectivity index (χ3v) is 2.73. The summed E-state index contributed by atoms with van der Waals surface area (Å²) in [5, 5.41) is 23.7. The lowest BCUT2D eigenvalue weighted by Gasteiger charge is -2.14. The summed E-state index contributed by atoms with van der Waals surface area (Å²) in [5.74, 6) is -1.49. The summed E-state index contributed by atoms with van der Waals surface area (Å²) in [4.78, 5) is 22.9. The molecule has 0 fully saturated rings. The third-order valence-electron chi connectivity index (χ3n) is 2.73. The van der Waals surface area contributed by atoms with Gasteiger partial charge in [-0.05, 0) is 25.1 Å². The predicted molar refractivity (Wildman–Crippen MR) is 77.3 cm³/mol. The molecule has 1 aromatic carbocycles. The fourth-order valence-electron chi connectivity index (χ4n) is 1.72. The van der Waals surface area contributed by atoms with Crippen molar-refractivity contribution in [1.29, 1.82) is 0 Å². The summed E-state index contributed by atoms with van der Waals surface area (Å²) in [7, 11) is 1.57. The molecule has 0 aliphatic carbocycles. The lowest BCUT2D eigenvalue weighted by molar-refractivity contribution is -0.141. The maximum atomic E-state index is 11.8. The van der Waals surface area contributed by atoms with Crippen LogP contribution in [-0.4, -0.2) is 48.4 Å². The van der Waals surface area contributed by atoms with Crippen molar-refractivity contribution in [2.45, 2.75) is 18.9 Å². The molecule has 0 saturated carbocycles. The lowest BCUT2D eigenvalue weighted by atomic mass is 10.2. The van der Waals surface area contributed by atoms with Crippen LogP contribution in [0.1, 0.15) is 12.8 Å². The van der Waals surface area contributed by atoms with E-state index in [1.807, 2.05) is 0 Å². The summed E-state index contributed by atoms with van der Waals surface area (Å²) in [6.45, 7) is 0.971. The molecule has 7 heteroatoms. The summed E-state index contributed by atoms with van der Waals surface area (Å²) >= 11 is 0. The van der Waals surface area contributed by atoms with Gasteiger partial charge in [0.25, 0.3) is 0 Å². The highest BCUT2D eigenvalue weighted by Gasteiger charge is 2.20. The number of phenolic OH excluding ortho intramolecular Hbond substituents is 1. The van der Waals surface area contributed by atoms with Crippen molar-refractivity contribution in [2.75, 3.05) is 25.6 Å². The Hall–Kier alpha value is -2.12. The number of nitrogens with one attached hydrogen (secondary N) is 2. The van der Waals surface area contributed by atoms with E-state index in [4.69, 9.17) is 9.84 Å². The van der Waals surface area contributed by atoms with E-state index < -0.39 is 17.9 Å². The second-order valence-electron chi connectivity index (χ2n) is 4.49. The Bertz CT molecular complexity index is 478. The second-order valence-corrected chi connectivity index (χ2v) is 4.49. The Morgan fingerprint density at radius 2 is 2.14 bits per heavy atom. The number of benzene rings is 1. The van der Waals surface area contributed by atoms with Crippen molar-refractivity contribution in [3.05, 3.63) is 24.3 Å². The molecule has 0 aliphatic heterocycles. The second kappa shape index (κ2) is 8.93. The number of phenols is 1. The summed E-state index contributed by atoms with van der Waals surface area (Å²) in [6, 6.07) is 5.11. The first-order valence-corrected chi connectivity index (χ1v) is 6.57. The number of rotatable bonds is 9. The van der Waals surface area contributed by atoms with Gasteiger partial charge in [0.1, 0.15) is 11.8 Å². The number of carboxylic acid groups (broad SMARTS) is 1. The fraction of sp³-hybridized carbons (Fsp3) is 0.429. The van der Waals surface area contributed by atoms with Gasteiger partial charge in [0.05, 0.1) is 6.42 Å². The van der Waals surface area contributed by atoms with E-state index in [0.29, 0.717) is 25.3 Å². The van der Waals surface area contributed by atoms with Crippen molar-refractivity contribution < 1.29 is 24.5 Å². The maximum Gasteiger partial charge on any atom is 0.321 e. The van der Waals surface area contributed by atoms with Crippen molar-refractivity contribution in [3.8, 4) is 5.75 Å². The minimum atomic E-state index is -1.08. The smallest absolute Gasteiger partial charge is 0.321 e. The van der Waals surface area contributed by atoms with Crippen LogP contribution < -0.4 is 10.6 Å². The van der Waals surface area contributed by atoms with Crippen molar-refractivity contribution >= 4 is 17.6 Å². The average Bonchev–Trinajstić information content (AvgIpc) is 2.42. The molecular weight excluding hydrogens is 276 g/mol. The van der Waals surface area contributed by atoms with Crippen LogP contribution in [0, 0.1) is 0 Å². The molecule has 0 radical (unpaired) electrons. The quantitative estimate of drug-likeness (QED) is 0.502. The lowest BCUT2D eigenvalue weighted by Crippen LogP contribution is -2.40. The Balaban J connectivity index is 2.46. The number of aromatic hydroxyl groups is 1. The van der Waals surface area contributed by atoms with E-state index in [0.717, 1.165) is 0 Å². The van der Waals surface area contributed by atoms with Gasteiger partial charge in [0.15, 0.2) is 0 Å². The van der Waals surface area contributed by atoms with Gasteiger partial charge in [-0.3, -0.25) is 9.59 Å². The summed E-state index contributed by atoms with van der Waals surface area (Å²) in [5.41, 5.74) is 0.420. The van der Waals surface area contributed by atoms with Gasteiger partial charge in [-0.1, -0.05) is 6.07 Å². The molecule has 1 atom stereocenters. The molecule has 1 unspecified atom stereocenters. The van der Waals surface area contributed by atoms with Gasteiger partial charge in [-0.2, -0.15) is 0 Å². The van der Waals surface area contributed by atoms with Crippen molar-refractivity contribution in [1.82, 2.24) is 5.32 Å². The number of aliphatic carboxylic acids is 1. The van der Waals surface area contributed by atoms with E-state index >= 15 is 0 Å². The monoisotopic (exact) mass is 296 g/mol. The zero-order valence-electron chi connectivity index (χ0n) is 11.8. The Morgan fingerprint density at radius 1 is 1.38 bits per heavy atom.